The third-order valence-corrected chi connectivity index (χ3v) is 5.94. The number of aromatic amines is 1. The van der Waals surface area contributed by atoms with Crippen LogP contribution in [0, 0.1) is 0 Å². The van der Waals surface area contributed by atoms with Gasteiger partial charge in [0.2, 0.25) is 5.91 Å². The van der Waals surface area contributed by atoms with E-state index < -0.39 is 0 Å². The molecule has 2 fully saturated rings. The van der Waals surface area contributed by atoms with Gasteiger partial charge >= 0.3 is 0 Å². The Kier molecular flexibility index (Phi) is 4.44. The first-order valence-electron chi connectivity index (χ1n) is 9.89. The second kappa shape index (κ2) is 7.24. The summed E-state index contributed by atoms with van der Waals surface area (Å²) >= 11 is 0. The van der Waals surface area contributed by atoms with Gasteiger partial charge in [0.15, 0.2) is 0 Å². The zero-order chi connectivity index (χ0) is 18.9. The van der Waals surface area contributed by atoms with Crippen molar-refractivity contribution in [2.75, 3.05) is 13.1 Å². The number of nitrogens with one attached hydrogen (secondary N) is 1. The van der Waals surface area contributed by atoms with Crippen molar-refractivity contribution in [2.24, 2.45) is 0 Å². The maximum absolute atomic E-state index is 12.6. The zero-order valence-corrected chi connectivity index (χ0v) is 15.7. The Hall–Kier alpha value is -2.93. The minimum atomic E-state index is 0.273. The maximum Gasteiger partial charge on any atom is 0.224 e. The van der Waals surface area contributed by atoms with Crippen LogP contribution in [-0.2, 0) is 17.8 Å². The van der Waals surface area contributed by atoms with E-state index in [2.05, 4.69) is 31.1 Å². The van der Waals surface area contributed by atoms with Gasteiger partial charge in [-0.1, -0.05) is 18.2 Å². The molecule has 0 aliphatic carbocycles. The first-order chi connectivity index (χ1) is 13.8. The van der Waals surface area contributed by atoms with Crippen LogP contribution in [0.5, 0.6) is 0 Å². The van der Waals surface area contributed by atoms with Crippen LogP contribution in [0.4, 0.5) is 0 Å². The molecule has 2 aliphatic rings. The number of likely N-dealkylation sites (tertiary alicyclic amines) is 2. The molecular weight excluding hydrogens is 352 g/mol. The molecule has 2 aromatic heterocycles. The molecule has 144 valence electrons. The summed E-state index contributed by atoms with van der Waals surface area (Å²) in [5.41, 5.74) is 2.21. The number of H-pyrrole nitrogens is 1. The van der Waals surface area contributed by atoms with Crippen molar-refractivity contribution in [1.82, 2.24) is 29.5 Å². The average molecular weight is 376 g/mol. The Labute approximate surface area is 164 Å². The van der Waals surface area contributed by atoms with Gasteiger partial charge in [0, 0.05) is 50.2 Å². The van der Waals surface area contributed by atoms with E-state index in [4.69, 9.17) is 0 Å². The van der Waals surface area contributed by atoms with Crippen LogP contribution in [0.3, 0.4) is 0 Å². The number of amides is 1. The molecule has 0 saturated carbocycles. The minimum Gasteiger partial charge on any atom is -0.348 e. The summed E-state index contributed by atoms with van der Waals surface area (Å²) < 4.78 is 1.89. The quantitative estimate of drug-likeness (QED) is 0.715. The maximum atomic E-state index is 12.6. The summed E-state index contributed by atoms with van der Waals surface area (Å²) in [5.74, 6) is 1.24. The molecule has 0 spiro atoms. The Balaban J connectivity index is 1.22. The van der Waals surface area contributed by atoms with E-state index in [1.807, 2.05) is 47.4 Å². The summed E-state index contributed by atoms with van der Waals surface area (Å²) in [4.78, 5) is 24.6. The van der Waals surface area contributed by atoms with E-state index in [1.54, 1.807) is 6.20 Å². The number of carbonyl (C=O) groups excluding carboxylic acids is 1. The summed E-state index contributed by atoms with van der Waals surface area (Å²) in [6.07, 6.45) is 10.1. The van der Waals surface area contributed by atoms with Crippen LogP contribution in [0.2, 0.25) is 0 Å². The Morgan fingerprint density at radius 2 is 2.07 bits per heavy atom. The normalized spacial score (nSPS) is 22.1. The summed E-state index contributed by atoms with van der Waals surface area (Å²) in [7, 11) is 0. The molecule has 7 heteroatoms. The number of hydrogen-bond donors (Lipinski definition) is 1. The third kappa shape index (κ3) is 3.22. The molecule has 1 N–H and O–H groups in total. The van der Waals surface area contributed by atoms with Crippen molar-refractivity contribution in [2.45, 2.75) is 37.9 Å². The standard InChI is InChI=1S/C21H24N6O/c28-21-12-19-18(7-10-25(19)15-20-22-8-9-23-20)26(21)11-6-16-13-24-27(14-16)17-4-2-1-3-5-17/h1-5,8-9,13-14,18-19H,6-7,10-12,15H2,(H,22,23)/t18-,19-/m0/s1. The summed E-state index contributed by atoms with van der Waals surface area (Å²) in [6, 6.07) is 10.7. The second-order valence-corrected chi connectivity index (χ2v) is 7.60. The van der Waals surface area contributed by atoms with Gasteiger partial charge < -0.3 is 9.88 Å². The molecule has 2 atom stereocenters. The number of carbonyl (C=O) groups is 1. The molecule has 4 heterocycles. The van der Waals surface area contributed by atoms with E-state index in [-0.39, 0.29) is 5.91 Å². The van der Waals surface area contributed by atoms with Crippen LogP contribution in [0.1, 0.15) is 24.2 Å². The van der Waals surface area contributed by atoms with Gasteiger partial charge in [0.1, 0.15) is 5.82 Å². The fourth-order valence-electron chi connectivity index (χ4n) is 4.53. The number of imidazole rings is 1. The van der Waals surface area contributed by atoms with Crippen LogP contribution in [0.15, 0.2) is 55.1 Å². The molecule has 0 bridgehead atoms. The first kappa shape index (κ1) is 17.2. The SMILES string of the molecule is O=C1C[C@H]2[C@H](CCN2Cc2ncc[nH]2)N1CCc1cnn(-c2ccccc2)c1. The molecule has 1 amide bonds. The molecule has 2 aliphatic heterocycles. The lowest BCUT2D eigenvalue weighted by Crippen LogP contribution is -2.38. The molecular formula is C21H24N6O. The van der Waals surface area contributed by atoms with Gasteiger partial charge in [-0.2, -0.15) is 5.10 Å². The number of fused-ring (bicyclic) bond motifs is 1. The van der Waals surface area contributed by atoms with Crippen molar-refractivity contribution in [3.05, 3.63) is 66.5 Å². The van der Waals surface area contributed by atoms with E-state index in [0.29, 0.717) is 18.5 Å². The van der Waals surface area contributed by atoms with Crippen molar-refractivity contribution in [3.63, 3.8) is 0 Å². The lowest BCUT2D eigenvalue weighted by atomic mass is 10.1. The Morgan fingerprint density at radius 3 is 2.89 bits per heavy atom. The van der Waals surface area contributed by atoms with E-state index in [0.717, 1.165) is 49.6 Å². The Bertz CT molecular complexity index is 935. The van der Waals surface area contributed by atoms with Crippen molar-refractivity contribution < 1.29 is 4.79 Å². The number of hydrogen-bond acceptors (Lipinski definition) is 4. The van der Waals surface area contributed by atoms with Crippen molar-refractivity contribution in [3.8, 4) is 5.69 Å². The molecule has 3 aromatic rings. The number of nitrogens with zero attached hydrogens (tertiary/aromatic N) is 5. The highest BCUT2D eigenvalue weighted by Gasteiger charge is 2.46. The monoisotopic (exact) mass is 376 g/mol. The van der Waals surface area contributed by atoms with E-state index >= 15 is 0 Å². The van der Waals surface area contributed by atoms with E-state index in [9.17, 15) is 4.79 Å². The highest BCUT2D eigenvalue weighted by Crippen LogP contribution is 2.33. The first-order valence-corrected chi connectivity index (χ1v) is 9.89. The lowest BCUT2D eigenvalue weighted by molar-refractivity contribution is -0.129. The molecule has 7 nitrogen and oxygen atoms in total. The number of aromatic nitrogens is 4. The van der Waals surface area contributed by atoms with Gasteiger partial charge in [-0.05, 0) is 30.5 Å². The smallest absolute Gasteiger partial charge is 0.224 e. The predicted molar refractivity (Wildman–Crippen MR) is 105 cm³/mol. The van der Waals surface area contributed by atoms with Gasteiger partial charge in [-0.25, -0.2) is 9.67 Å². The zero-order valence-electron chi connectivity index (χ0n) is 15.7. The van der Waals surface area contributed by atoms with Gasteiger partial charge in [-0.15, -0.1) is 0 Å². The predicted octanol–water partition coefficient (Wildman–Crippen LogP) is 2.01. The molecule has 5 rings (SSSR count). The van der Waals surface area contributed by atoms with Crippen LogP contribution >= 0.6 is 0 Å². The van der Waals surface area contributed by atoms with Crippen molar-refractivity contribution >= 4 is 5.91 Å². The second-order valence-electron chi connectivity index (χ2n) is 7.60. The number of rotatable bonds is 6. The fraction of sp³-hybridized carbons (Fsp3) is 0.381. The Morgan fingerprint density at radius 1 is 1.18 bits per heavy atom. The molecule has 0 unspecified atom stereocenters. The summed E-state index contributed by atoms with van der Waals surface area (Å²) in [5, 5.41) is 4.47. The van der Waals surface area contributed by atoms with E-state index in [1.165, 1.54) is 0 Å². The topological polar surface area (TPSA) is 70.1 Å². The van der Waals surface area contributed by atoms with Crippen LogP contribution in [-0.4, -0.2) is 60.6 Å². The van der Waals surface area contributed by atoms with Crippen molar-refractivity contribution in [1.29, 1.82) is 0 Å². The van der Waals surface area contributed by atoms with Crippen LogP contribution in [0.25, 0.3) is 5.69 Å². The summed E-state index contributed by atoms with van der Waals surface area (Å²) in [6.45, 7) is 2.57. The lowest BCUT2D eigenvalue weighted by Gasteiger charge is -2.25. The van der Waals surface area contributed by atoms with Gasteiger partial charge in [0.05, 0.1) is 18.4 Å². The molecule has 1 aromatic carbocycles. The molecule has 2 saturated heterocycles. The fourth-order valence-corrected chi connectivity index (χ4v) is 4.53. The average Bonchev–Trinajstić information content (AvgIpc) is 3.49. The molecule has 28 heavy (non-hydrogen) atoms. The van der Waals surface area contributed by atoms with Crippen LogP contribution < -0.4 is 0 Å². The highest BCUT2D eigenvalue weighted by molar-refractivity contribution is 5.80. The highest BCUT2D eigenvalue weighted by atomic mass is 16.2. The number of benzene rings is 1. The van der Waals surface area contributed by atoms with Gasteiger partial charge in [0.25, 0.3) is 0 Å². The number of para-hydroxylation sites is 1. The largest absolute Gasteiger partial charge is 0.348 e. The molecule has 0 radical (unpaired) electrons. The van der Waals surface area contributed by atoms with Gasteiger partial charge in [-0.3, -0.25) is 9.69 Å². The third-order valence-electron chi connectivity index (χ3n) is 5.94. The minimum absolute atomic E-state index is 0.273.